The minimum Gasteiger partial charge on any atom is -0.508 e. The van der Waals surface area contributed by atoms with E-state index in [9.17, 15) is 9.90 Å². The van der Waals surface area contributed by atoms with Gasteiger partial charge in [0, 0.05) is 20.2 Å². The molecule has 1 fully saturated rings. The van der Waals surface area contributed by atoms with Crippen molar-refractivity contribution in [2.75, 3.05) is 20.2 Å². The largest absolute Gasteiger partial charge is 0.508 e. The fourth-order valence-corrected chi connectivity index (χ4v) is 2.33. The van der Waals surface area contributed by atoms with Gasteiger partial charge in [0.25, 0.3) is 0 Å². The maximum absolute atomic E-state index is 12.1. The van der Waals surface area contributed by atoms with Crippen molar-refractivity contribution in [1.29, 1.82) is 0 Å². The van der Waals surface area contributed by atoms with E-state index >= 15 is 0 Å². The van der Waals surface area contributed by atoms with Gasteiger partial charge in [0.05, 0.1) is 12.5 Å². The van der Waals surface area contributed by atoms with E-state index in [1.807, 2.05) is 13.1 Å². The van der Waals surface area contributed by atoms with Crippen LogP contribution >= 0.6 is 0 Å². The third kappa shape index (κ3) is 4.24. The Kier molecular flexibility index (Phi) is 4.80. The molecular formula is C15H21NO3. The van der Waals surface area contributed by atoms with E-state index in [4.69, 9.17) is 4.74 Å². The Balaban J connectivity index is 1.84. The summed E-state index contributed by atoms with van der Waals surface area (Å²) in [5.74, 6) is 0.253. The number of benzene rings is 1. The monoisotopic (exact) mass is 263 g/mol. The highest BCUT2D eigenvalue weighted by Crippen LogP contribution is 2.15. The fraction of sp³-hybridized carbons (Fsp3) is 0.533. The summed E-state index contributed by atoms with van der Waals surface area (Å²) in [6, 6.07) is 6.83. The Morgan fingerprint density at radius 3 is 3.00 bits per heavy atom. The molecule has 0 bridgehead atoms. The quantitative estimate of drug-likeness (QED) is 0.903. The molecule has 0 radical (unpaired) electrons. The minimum absolute atomic E-state index is 0.0553. The summed E-state index contributed by atoms with van der Waals surface area (Å²) in [6.45, 7) is 1.46. The predicted octanol–water partition coefficient (Wildman–Crippen LogP) is 1.96. The maximum atomic E-state index is 12.1. The van der Waals surface area contributed by atoms with Crippen molar-refractivity contribution in [3.05, 3.63) is 29.8 Å². The van der Waals surface area contributed by atoms with Gasteiger partial charge in [-0.15, -0.1) is 0 Å². The van der Waals surface area contributed by atoms with Gasteiger partial charge < -0.3 is 14.7 Å². The first-order valence-electron chi connectivity index (χ1n) is 6.78. The van der Waals surface area contributed by atoms with Crippen LogP contribution in [0.5, 0.6) is 5.75 Å². The summed E-state index contributed by atoms with van der Waals surface area (Å²) in [4.78, 5) is 13.8. The molecule has 0 aromatic heterocycles. The van der Waals surface area contributed by atoms with Crippen molar-refractivity contribution in [2.24, 2.45) is 0 Å². The van der Waals surface area contributed by atoms with Gasteiger partial charge in [-0.05, 0) is 37.0 Å². The lowest BCUT2D eigenvalue weighted by Gasteiger charge is -2.27. The van der Waals surface area contributed by atoms with Gasteiger partial charge in [0.2, 0.25) is 5.91 Å². The second kappa shape index (κ2) is 6.57. The first kappa shape index (κ1) is 13.9. The molecule has 104 valence electrons. The summed E-state index contributed by atoms with van der Waals surface area (Å²) in [7, 11) is 1.81. The first-order chi connectivity index (χ1) is 9.15. The summed E-state index contributed by atoms with van der Waals surface area (Å²) < 4.78 is 5.63. The van der Waals surface area contributed by atoms with E-state index in [0.717, 1.165) is 25.0 Å². The molecule has 1 heterocycles. The number of phenolic OH excluding ortho intramolecular Hbond substituents is 1. The van der Waals surface area contributed by atoms with Crippen LogP contribution in [-0.4, -0.2) is 42.2 Å². The zero-order valence-electron chi connectivity index (χ0n) is 11.3. The summed E-state index contributed by atoms with van der Waals surface area (Å²) in [5, 5.41) is 9.38. The van der Waals surface area contributed by atoms with Crippen LogP contribution in [0, 0.1) is 0 Å². The van der Waals surface area contributed by atoms with Crippen LogP contribution < -0.4 is 0 Å². The standard InChI is InChI=1S/C15H21NO3/c1-16(11-14-7-2-3-8-19-14)15(18)10-12-5-4-6-13(17)9-12/h4-6,9,14,17H,2-3,7-8,10-11H2,1H3. The number of ether oxygens (including phenoxy) is 1. The van der Waals surface area contributed by atoms with Crippen molar-refractivity contribution in [2.45, 2.75) is 31.8 Å². The molecule has 2 rings (SSSR count). The molecule has 1 aromatic carbocycles. The zero-order chi connectivity index (χ0) is 13.7. The average molecular weight is 263 g/mol. The number of carbonyl (C=O) groups is 1. The molecule has 1 aliphatic heterocycles. The van der Waals surface area contributed by atoms with Crippen molar-refractivity contribution >= 4 is 5.91 Å². The van der Waals surface area contributed by atoms with Crippen LogP contribution in [0.4, 0.5) is 0 Å². The van der Waals surface area contributed by atoms with Crippen molar-refractivity contribution in [3.63, 3.8) is 0 Å². The van der Waals surface area contributed by atoms with Crippen LogP contribution in [0.15, 0.2) is 24.3 Å². The molecule has 1 N–H and O–H groups in total. The molecule has 4 nitrogen and oxygen atoms in total. The van der Waals surface area contributed by atoms with E-state index in [-0.39, 0.29) is 17.8 Å². The van der Waals surface area contributed by atoms with E-state index in [0.29, 0.717) is 13.0 Å². The van der Waals surface area contributed by atoms with Crippen LogP contribution in [0.25, 0.3) is 0 Å². The Morgan fingerprint density at radius 2 is 2.32 bits per heavy atom. The van der Waals surface area contributed by atoms with Gasteiger partial charge in [0.1, 0.15) is 5.75 Å². The van der Waals surface area contributed by atoms with E-state index < -0.39 is 0 Å². The number of rotatable bonds is 4. The van der Waals surface area contributed by atoms with Gasteiger partial charge in [-0.1, -0.05) is 12.1 Å². The maximum Gasteiger partial charge on any atom is 0.226 e. The summed E-state index contributed by atoms with van der Waals surface area (Å²) in [6.07, 6.45) is 3.82. The molecule has 1 unspecified atom stereocenters. The minimum atomic E-state index is 0.0553. The highest BCUT2D eigenvalue weighted by molar-refractivity contribution is 5.78. The molecular weight excluding hydrogens is 242 g/mol. The third-order valence-corrected chi connectivity index (χ3v) is 3.44. The summed E-state index contributed by atoms with van der Waals surface area (Å²) in [5.41, 5.74) is 0.835. The normalized spacial score (nSPS) is 19.1. The molecule has 1 aliphatic rings. The van der Waals surface area contributed by atoms with Gasteiger partial charge in [-0.25, -0.2) is 0 Å². The third-order valence-electron chi connectivity index (χ3n) is 3.44. The number of hydrogen-bond acceptors (Lipinski definition) is 3. The smallest absolute Gasteiger partial charge is 0.226 e. The van der Waals surface area contributed by atoms with Crippen LogP contribution in [0.1, 0.15) is 24.8 Å². The number of carbonyl (C=O) groups excluding carboxylic acids is 1. The number of likely N-dealkylation sites (N-methyl/N-ethyl adjacent to an activating group) is 1. The van der Waals surface area contributed by atoms with E-state index in [1.54, 1.807) is 23.1 Å². The SMILES string of the molecule is CN(CC1CCCCO1)C(=O)Cc1cccc(O)c1. The number of hydrogen-bond donors (Lipinski definition) is 1. The Morgan fingerprint density at radius 1 is 1.47 bits per heavy atom. The lowest BCUT2D eigenvalue weighted by molar-refractivity contribution is -0.131. The molecule has 1 saturated heterocycles. The predicted molar refractivity (Wildman–Crippen MR) is 73.0 cm³/mol. The van der Waals surface area contributed by atoms with Gasteiger partial charge in [-0.2, -0.15) is 0 Å². The molecule has 0 aliphatic carbocycles. The van der Waals surface area contributed by atoms with Crippen LogP contribution in [-0.2, 0) is 16.0 Å². The molecule has 4 heteroatoms. The fourth-order valence-electron chi connectivity index (χ4n) is 2.33. The highest BCUT2D eigenvalue weighted by atomic mass is 16.5. The number of nitrogens with zero attached hydrogens (tertiary/aromatic N) is 1. The highest BCUT2D eigenvalue weighted by Gasteiger charge is 2.18. The topological polar surface area (TPSA) is 49.8 Å². The first-order valence-corrected chi connectivity index (χ1v) is 6.78. The number of aromatic hydroxyl groups is 1. The Hall–Kier alpha value is -1.55. The molecule has 1 amide bonds. The van der Waals surface area contributed by atoms with Crippen LogP contribution in [0.3, 0.4) is 0 Å². The Labute approximate surface area is 114 Å². The van der Waals surface area contributed by atoms with Crippen molar-refractivity contribution in [1.82, 2.24) is 4.90 Å². The van der Waals surface area contributed by atoms with Crippen molar-refractivity contribution < 1.29 is 14.6 Å². The molecule has 1 atom stereocenters. The van der Waals surface area contributed by atoms with Crippen LogP contribution in [0.2, 0.25) is 0 Å². The van der Waals surface area contributed by atoms with Gasteiger partial charge in [-0.3, -0.25) is 4.79 Å². The molecule has 0 saturated carbocycles. The van der Waals surface area contributed by atoms with Gasteiger partial charge >= 0.3 is 0 Å². The molecule has 0 spiro atoms. The van der Waals surface area contributed by atoms with E-state index in [2.05, 4.69) is 0 Å². The summed E-state index contributed by atoms with van der Waals surface area (Å²) >= 11 is 0. The van der Waals surface area contributed by atoms with Gasteiger partial charge in [0.15, 0.2) is 0 Å². The lowest BCUT2D eigenvalue weighted by Crippen LogP contribution is -2.37. The molecule has 19 heavy (non-hydrogen) atoms. The average Bonchev–Trinajstić information content (AvgIpc) is 2.40. The number of phenols is 1. The second-order valence-corrected chi connectivity index (χ2v) is 5.11. The second-order valence-electron chi connectivity index (χ2n) is 5.11. The van der Waals surface area contributed by atoms with Crippen molar-refractivity contribution in [3.8, 4) is 5.75 Å². The Bertz CT molecular complexity index is 427. The van der Waals surface area contributed by atoms with E-state index in [1.165, 1.54) is 6.42 Å². The molecule has 1 aromatic rings. The number of amides is 1. The lowest BCUT2D eigenvalue weighted by atomic mass is 10.1. The zero-order valence-corrected chi connectivity index (χ0v) is 11.3.